The van der Waals surface area contributed by atoms with Crippen LogP contribution in [0.2, 0.25) is 5.02 Å². The maximum atomic E-state index is 14.6. The molecule has 2 atom stereocenters. The molecule has 1 aliphatic rings. The summed E-state index contributed by atoms with van der Waals surface area (Å²) in [7, 11) is -4.12. The molecule has 31 heavy (non-hydrogen) atoms. The Morgan fingerprint density at radius 1 is 1.42 bits per heavy atom. The molecule has 0 radical (unpaired) electrons. The van der Waals surface area contributed by atoms with Gasteiger partial charge in [-0.1, -0.05) is 11.6 Å². The van der Waals surface area contributed by atoms with Gasteiger partial charge in [-0.15, -0.1) is 11.3 Å². The van der Waals surface area contributed by atoms with Crippen molar-refractivity contribution in [2.24, 2.45) is 0 Å². The third-order valence-electron chi connectivity index (χ3n) is 5.16. The number of benzene rings is 1. The summed E-state index contributed by atoms with van der Waals surface area (Å²) in [5.41, 5.74) is 1.06. The Hall–Kier alpha value is -1.46. The molecule has 0 spiro atoms. The summed E-state index contributed by atoms with van der Waals surface area (Å²) in [6, 6.07) is 3.19. The molecule has 11 heteroatoms. The van der Waals surface area contributed by atoms with Crippen molar-refractivity contribution >= 4 is 43.8 Å². The fourth-order valence-corrected chi connectivity index (χ4v) is 5.77. The van der Waals surface area contributed by atoms with Crippen LogP contribution in [0.3, 0.4) is 0 Å². The second-order valence-electron chi connectivity index (χ2n) is 7.83. The average Bonchev–Trinajstić information content (AvgIpc) is 3.37. The number of sulfonamides is 1. The molecule has 0 bridgehead atoms. The van der Waals surface area contributed by atoms with Crippen LogP contribution < -0.4 is 20.7 Å². The lowest BCUT2D eigenvalue weighted by molar-refractivity contribution is 0.456. The lowest BCUT2D eigenvalue weighted by Crippen LogP contribution is -2.38. The molecule has 1 aromatic carbocycles. The van der Waals surface area contributed by atoms with Crippen molar-refractivity contribution in [3.63, 3.8) is 0 Å². The van der Waals surface area contributed by atoms with Gasteiger partial charge in [-0.3, -0.25) is 4.72 Å². The van der Waals surface area contributed by atoms with Crippen molar-refractivity contribution in [1.29, 1.82) is 0 Å². The number of hydrogen-bond donors (Lipinski definition) is 4. The minimum absolute atomic E-state index is 0.149. The van der Waals surface area contributed by atoms with E-state index in [9.17, 15) is 12.8 Å². The minimum Gasteiger partial charge on any atom is -0.384 e. The number of rotatable bonds is 11. The van der Waals surface area contributed by atoms with Crippen LogP contribution in [0.15, 0.2) is 22.4 Å². The monoisotopic (exact) mass is 489 g/mol. The maximum absolute atomic E-state index is 14.6. The molecule has 3 rings (SSSR count). The highest BCUT2D eigenvalue weighted by Gasteiger charge is 2.22. The van der Waals surface area contributed by atoms with Crippen molar-refractivity contribution in [3.8, 4) is 0 Å². The van der Waals surface area contributed by atoms with Crippen LogP contribution in [0.25, 0.3) is 0 Å². The Morgan fingerprint density at radius 3 is 2.90 bits per heavy atom. The van der Waals surface area contributed by atoms with Gasteiger partial charge in [0.1, 0.15) is 10.7 Å². The molecule has 0 saturated carbocycles. The van der Waals surface area contributed by atoms with Crippen LogP contribution in [-0.4, -0.2) is 45.1 Å². The summed E-state index contributed by atoms with van der Waals surface area (Å²) in [5.74, 6) is -0.869. The van der Waals surface area contributed by atoms with Crippen LogP contribution in [-0.2, 0) is 10.0 Å². The smallest absolute Gasteiger partial charge is 0.266 e. The first-order chi connectivity index (χ1) is 14.7. The van der Waals surface area contributed by atoms with Gasteiger partial charge >= 0.3 is 0 Å². The molecular weight excluding hydrogens is 461 g/mol. The van der Waals surface area contributed by atoms with Gasteiger partial charge in [0, 0.05) is 30.6 Å². The Kier molecular flexibility index (Phi) is 8.51. The van der Waals surface area contributed by atoms with Gasteiger partial charge in [0.2, 0.25) is 0 Å². The average molecular weight is 490 g/mol. The molecule has 0 aliphatic carbocycles. The molecule has 2 aromatic rings. The molecule has 1 saturated heterocycles. The Morgan fingerprint density at radius 2 is 2.23 bits per heavy atom. The molecule has 1 unspecified atom stereocenters. The van der Waals surface area contributed by atoms with Crippen molar-refractivity contribution in [3.05, 3.63) is 34.0 Å². The summed E-state index contributed by atoms with van der Waals surface area (Å²) < 4.78 is 41.9. The highest BCUT2D eigenvalue weighted by Crippen LogP contribution is 2.29. The van der Waals surface area contributed by atoms with Crippen LogP contribution in [0.5, 0.6) is 0 Å². The number of nitrogens with one attached hydrogen (secondary N) is 4. The van der Waals surface area contributed by atoms with Crippen LogP contribution >= 0.6 is 22.9 Å². The third-order valence-corrected chi connectivity index (χ3v) is 7.83. The van der Waals surface area contributed by atoms with Gasteiger partial charge in [0.15, 0.2) is 5.13 Å². The minimum atomic E-state index is -4.12. The Labute approximate surface area is 192 Å². The SMILES string of the molecule is Cc1csc(NS(=O)(=O)c2cc(Cl)c(NCCCC(C)NC[C@@H]3CCCN3)cc2F)n1. The van der Waals surface area contributed by atoms with Crippen LogP contribution in [0.1, 0.15) is 38.3 Å². The Bertz CT molecular complexity index is 980. The fourth-order valence-electron chi connectivity index (χ4n) is 3.45. The number of nitrogens with zero attached hydrogens (tertiary/aromatic N) is 1. The van der Waals surface area contributed by atoms with Crippen LogP contribution in [0, 0.1) is 12.7 Å². The number of hydrogen-bond acceptors (Lipinski definition) is 7. The normalized spacial score (nSPS) is 17.6. The predicted molar refractivity (Wildman–Crippen MR) is 125 cm³/mol. The number of aryl methyl sites for hydroxylation is 1. The van der Waals surface area contributed by atoms with Gasteiger partial charge < -0.3 is 16.0 Å². The van der Waals surface area contributed by atoms with Crippen molar-refractivity contribution in [2.45, 2.75) is 56.5 Å². The zero-order valence-electron chi connectivity index (χ0n) is 17.7. The standard InChI is InChI=1S/C20H29ClFN5O2S2/c1-13(25-11-15-6-4-7-23-15)5-3-8-24-18-10-17(22)19(9-16(18)21)31(28,29)27-20-26-14(2)12-30-20/h9-10,12-13,15,23-25H,3-8,11H2,1-2H3,(H,26,27)/t13?,15-/m0/s1. The molecule has 7 nitrogen and oxygen atoms in total. The third kappa shape index (κ3) is 7.01. The van der Waals surface area contributed by atoms with Gasteiger partial charge in [0.05, 0.1) is 16.4 Å². The first-order valence-electron chi connectivity index (χ1n) is 10.4. The lowest BCUT2D eigenvalue weighted by atomic mass is 10.1. The molecular formula is C20H29ClFN5O2S2. The van der Waals surface area contributed by atoms with Gasteiger partial charge in [-0.25, -0.2) is 17.8 Å². The van der Waals surface area contributed by atoms with E-state index in [-0.39, 0.29) is 10.2 Å². The van der Waals surface area contributed by atoms with E-state index in [0.717, 1.165) is 49.4 Å². The van der Waals surface area contributed by atoms with E-state index in [2.05, 4.69) is 32.6 Å². The highest BCUT2D eigenvalue weighted by molar-refractivity contribution is 7.93. The summed E-state index contributed by atoms with van der Waals surface area (Å²) >= 11 is 7.36. The largest absolute Gasteiger partial charge is 0.384 e. The maximum Gasteiger partial charge on any atom is 0.266 e. The molecule has 1 aliphatic heterocycles. The molecule has 1 aromatic heterocycles. The van der Waals surface area contributed by atoms with Crippen molar-refractivity contribution in [2.75, 3.05) is 29.7 Å². The Balaban J connectivity index is 1.50. The first-order valence-corrected chi connectivity index (χ1v) is 13.1. The lowest BCUT2D eigenvalue weighted by Gasteiger charge is -2.18. The highest BCUT2D eigenvalue weighted by atomic mass is 35.5. The van der Waals surface area contributed by atoms with E-state index in [4.69, 9.17) is 11.6 Å². The van der Waals surface area contributed by atoms with E-state index >= 15 is 0 Å². The van der Waals surface area contributed by atoms with E-state index in [1.54, 1.807) is 12.3 Å². The van der Waals surface area contributed by atoms with E-state index in [1.807, 2.05) is 0 Å². The topological polar surface area (TPSA) is 95.2 Å². The van der Waals surface area contributed by atoms with Crippen LogP contribution in [0.4, 0.5) is 15.2 Å². The summed E-state index contributed by atoms with van der Waals surface area (Å²) in [6.07, 6.45) is 4.29. The van der Waals surface area contributed by atoms with Crippen molar-refractivity contribution < 1.29 is 12.8 Å². The number of thiazole rings is 1. The van der Waals surface area contributed by atoms with Crippen molar-refractivity contribution in [1.82, 2.24) is 15.6 Å². The molecule has 0 amide bonds. The first kappa shape index (κ1) is 24.2. The van der Waals surface area contributed by atoms with Gasteiger partial charge in [-0.2, -0.15) is 0 Å². The fraction of sp³-hybridized carbons (Fsp3) is 0.550. The summed E-state index contributed by atoms with van der Waals surface area (Å²) in [5, 5.41) is 12.1. The molecule has 172 valence electrons. The number of halogens is 2. The van der Waals surface area contributed by atoms with E-state index in [1.165, 1.54) is 12.8 Å². The van der Waals surface area contributed by atoms with Gasteiger partial charge in [0.25, 0.3) is 10.0 Å². The zero-order valence-corrected chi connectivity index (χ0v) is 20.1. The van der Waals surface area contributed by atoms with E-state index < -0.39 is 20.7 Å². The molecule has 2 heterocycles. The second kappa shape index (κ2) is 10.9. The molecule has 1 fully saturated rings. The van der Waals surface area contributed by atoms with E-state index in [0.29, 0.717) is 30.0 Å². The van der Waals surface area contributed by atoms with Gasteiger partial charge in [-0.05, 0) is 58.2 Å². The summed E-state index contributed by atoms with van der Waals surface area (Å²) in [6.45, 7) is 6.57. The quantitative estimate of drug-likeness (QED) is 0.357. The number of aromatic nitrogens is 1. The molecule has 4 N–H and O–H groups in total. The summed E-state index contributed by atoms with van der Waals surface area (Å²) in [4.78, 5) is 3.54. The predicted octanol–water partition coefficient (Wildman–Crippen LogP) is 3.97. The second-order valence-corrected chi connectivity index (χ2v) is 10.7. The zero-order chi connectivity index (χ0) is 22.4. The number of anilines is 2.